The van der Waals surface area contributed by atoms with Crippen LogP contribution in [-0.4, -0.2) is 32.5 Å². The molecule has 0 atom stereocenters. The van der Waals surface area contributed by atoms with Gasteiger partial charge >= 0.3 is 6.18 Å². The zero-order valence-corrected chi connectivity index (χ0v) is 11.2. The topological polar surface area (TPSA) is 12.5 Å². The van der Waals surface area contributed by atoms with E-state index in [1.165, 1.54) is 6.07 Å². The van der Waals surface area contributed by atoms with Crippen molar-refractivity contribution in [2.45, 2.75) is 12.6 Å². The van der Waals surface area contributed by atoms with Crippen molar-refractivity contribution in [2.24, 2.45) is 0 Å². The Hall–Kier alpha value is -0.750. The molecule has 0 N–H and O–H groups in total. The second-order valence-electron chi connectivity index (χ2n) is 4.21. The quantitative estimate of drug-likeness (QED) is 0.827. The Bertz CT molecular complexity index is 416. The van der Waals surface area contributed by atoms with Crippen molar-refractivity contribution in [1.29, 1.82) is 0 Å². The van der Waals surface area contributed by atoms with Gasteiger partial charge in [-0.25, -0.2) is 0 Å². The van der Waals surface area contributed by atoms with E-state index in [-0.39, 0.29) is 5.56 Å². The van der Waals surface area contributed by atoms with Crippen LogP contribution in [-0.2, 0) is 11.2 Å². The molecule has 1 saturated heterocycles. The van der Waals surface area contributed by atoms with E-state index >= 15 is 0 Å². The number of ether oxygens (including phenoxy) is 1. The molecule has 0 amide bonds. The fourth-order valence-corrected chi connectivity index (χ4v) is 2.50. The zero-order chi connectivity index (χ0) is 13.2. The molecule has 0 saturated carbocycles. The molecule has 0 aliphatic carbocycles. The molecule has 1 aromatic carbocycles. The lowest BCUT2D eigenvalue weighted by Gasteiger charge is -2.29. The van der Waals surface area contributed by atoms with Gasteiger partial charge in [-0.05, 0) is 23.8 Å². The monoisotopic (exact) mass is 323 g/mol. The molecule has 6 heteroatoms. The summed E-state index contributed by atoms with van der Waals surface area (Å²) in [6.07, 6.45) is -5.08. The minimum atomic E-state index is -4.18. The van der Waals surface area contributed by atoms with Gasteiger partial charge in [-0.1, -0.05) is 15.9 Å². The fraction of sp³-hybridized carbons (Fsp3) is 0.500. The van der Waals surface area contributed by atoms with Gasteiger partial charge in [0.25, 0.3) is 0 Å². The summed E-state index contributed by atoms with van der Waals surface area (Å²) in [7, 11) is 0. The average molecular weight is 324 g/mol. The standard InChI is InChI=1S/C12H13BrF3NO/c13-10-5-9(8-12(14,15)16)6-11(7-10)17-1-3-18-4-2-17/h5-7H,1-4,8H2. The molecule has 1 aromatic rings. The summed E-state index contributed by atoms with van der Waals surface area (Å²) < 4.78 is 43.1. The Morgan fingerprint density at radius 2 is 1.83 bits per heavy atom. The Morgan fingerprint density at radius 3 is 2.44 bits per heavy atom. The van der Waals surface area contributed by atoms with Gasteiger partial charge < -0.3 is 9.64 Å². The summed E-state index contributed by atoms with van der Waals surface area (Å²) in [5, 5.41) is 0. The Morgan fingerprint density at radius 1 is 1.17 bits per heavy atom. The Labute approximate surface area is 112 Å². The van der Waals surface area contributed by atoms with Gasteiger partial charge in [-0.15, -0.1) is 0 Å². The molecule has 18 heavy (non-hydrogen) atoms. The van der Waals surface area contributed by atoms with E-state index in [2.05, 4.69) is 15.9 Å². The van der Waals surface area contributed by atoms with Crippen LogP contribution in [0.3, 0.4) is 0 Å². The molecular formula is C12H13BrF3NO. The minimum Gasteiger partial charge on any atom is -0.378 e. The van der Waals surface area contributed by atoms with Crippen molar-refractivity contribution in [3.63, 3.8) is 0 Å². The summed E-state index contributed by atoms with van der Waals surface area (Å²) >= 11 is 3.26. The predicted molar refractivity (Wildman–Crippen MR) is 66.9 cm³/mol. The number of halogens is 4. The molecule has 1 aliphatic rings. The third-order valence-electron chi connectivity index (χ3n) is 2.72. The zero-order valence-electron chi connectivity index (χ0n) is 9.63. The first kappa shape index (κ1) is 13.7. The van der Waals surface area contributed by atoms with Gasteiger partial charge in [0.05, 0.1) is 19.6 Å². The van der Waals surface area contributed by atoms with E-state index in [0.29, 0.717) is 30.8 Å². The van der Waals surface area contributed by atoms with E-state index in [1.807, 2.05) is 11.0 Å². The van der Waals surface area contributed by atoms with Crippen molar-refractivity contribution >= 4 is 21.6 Å². The predicted octanol–water partition coefficient (Wildman–Crippen LogP) is 3.39. The van der Waals surface area contributed by atoms with Crippen molar-refractivity contribution in [3.05, 3.63) is 28.2 Å². The van der Waals surface area contributed by atoms with Crippen LogP contribution in [0.15, 0.2) is 22.7 Å². The van der Waals surface area contributed by atoms with Gasteiger partial charge in [0.15, 0.2) is 0 Å². The van der Waals surface area contributed by atoms with Crippen LogP contribution in [0.25, 0.3) is 0 Å². The normalized spacial score (nSPS) is 17.0. The van der Waals surface area contributed by atoms with Crippen LogP contribution in [0.2, 0.25) is 0 Å². The van der Waals surface area contributed by atoms with Crippen LogP contribution >= 0.6 is 15.9 Å². The Kier molecular flexibility index (Phi) is 4.17. The highest BCUT2D eigenvalue weighted by molar-refractivity contribution is 9.10. The van der Waals surface area contributed by atoms with E-state index < -0.39 is 12.6 Å². The SMILES string of the molecule is FC(F)(F)Cc1cc(Br)cc(N2CCOCC2)c1. The summed E-state index contributed by atoms with van der Waals surface area (Å²) in [5.74, 6) is 0. The molecular weight excluding hydrogens is 311 g/mol. The van der Waals surface area contributed by atoms with Crippen LogP contribution in [0, 0.1) is 0 Å². The minimum absolute atomic E-state index is 0.276. The number of hydrogen-bond donors (Lipinski definition) is 0. The number of nitrogens with zero attached hydrogens (tertiary/aromatic N) is 1. The maximum atomic E-state index is 12.4. The summed E-state index contributed by atoms with van der Waals surface area (Å²) in [5.41, 5.74) is 1.09. The first-order chi connectivity index (χ1) is 8.44. The first-order valence-corrected chi connectivity index (χ1v) is 6.42. The molecule has 1 fully saturated rings. The first-order valence-electron chi connectivity index (χ1n) is 5.63. The number of alkyl halides is 3. The van der Waals surface area contributed by atoms with Crippen LogP contribution in [0.4, 0.5) is 18.9 Å². The van der Waals surface area contributed by atoms with E-state index in [1.54, 1.807) is 6.07 Å². The number of hydrogen-bond acceptors (Lipinski definition) is 2. The highest BCUT2D eigenvalue weighted by atomic mass is 79.9. The molecule has 1 aliphatic heterocycles. The highest BCUT2D eigenvalue weighted by Crippen LogP contribution is 2.28. The largest absolute Gasteiger partial charge is 0.393 e. The molecule has 0 unspecified atom stereocenters. The molecule has 0 radical (unpaired) electrons. The Balaban J connectivity index is 2.20. The maximum Gasteiger partial charge on any atom is 0.393 e. The fourth-order valence-electron chi connectivity index (χ4n) is 1.97. The maximum absolute atomic E-state index is 12.4. The van der Waals surface area contributed by atoms with Crippen molar-refractivity contribution < 1.29 is 17.9 Å². The molecule has 2 rings (SSSR count). The smallest absolute Gasteiger partial charge is 0.378 e. The molecule has 0 bridgehead atoms. The van der Waals surface area contributed by atoms with E-state index in [0.717, 1.165) is 5.69 Å². The highest BCUT2D eigenvalue weighted by Gasteiger charge is 2.28. The molecule has 100 valence electrons. The van der Waals surface area contributed by atoms with Gasteiger partial charge in [-0.2, -0.15) is 13.2 Å². The van der Waals surface area contributed by atoms with Crippen molar-refractivity contribution in [1.82, 2.24) is 0 Å². The van der Waals surface area contributed by atoms with Gasteiger partial charge in [0.1, 0.15) is 0 Å². The average Bonchev–Trinajstić information content (AvgIpc) is 2.27. The third-order valence-corrected chi connectivity index (χ3v) is 3.18. The van der Waals surface area contributed by atoms with E-state index in [9.17, 15) is 13.2 Å². The van der Waals surface area contributed by atoms with Crippen LogP contribution in [0.1, 0.15) is 5.56 Å². The van der Waals surface area contributed by atoms with Crippen LogP contribution in [0.5, 0.6) is 0 Å². The molecule has 1 heterocycles. The number of benzene rings is 1. The lowest BCUT2D eigenvalue weighted by atomic mass is 10.1. The molecule has 0 aromatic heterocycles. The summed E-state index contributed by atoms with van der Waals surface area (Å²) in [6, 6.07) is 4.95. The van der Waals surface area contributed by atoms with E-state index in [4.69, 9.17) is 4.74 Å². The van der Waals surface area contributed by atoms with Crippen molar-refractivity contribution in [3.8, 4) is 0 Å². The second-order valence-corrected chi connectivity index (χ2v) is 5.12. The third kappa shape index (κ3) is 3.88. The number of morpholine rings is 1. The second kappa shape index (κ2) is 5.48. The number of anilines is 1. The van der Waals surface area contributed by atoms with Gasteiger partial charge in [0.2, 0.25) is 0 Å². The lowest BCUT2D eigenvalue weighted by molar-refractivity contribution is -0.127. The summed E-state index contributed by atoms with van der Waals surface area (Å²) in [4.78, 5) is 2.04. The summed E-state index contributed by atoms with van der Waals surface area (Å²) in [6.45, 7) is 2.64. The van der Waals surface area contributed by atoms with Gasteiger partial charge in [0, 0.05) is 23.2 Å². The van der Waals surface area contributed by atoms with Crippen LogP contribution < -0.4 is 4.90 Å². The molecule has 2 nitrogen and oxygen atoms in total. The molecule has 0 spiro atoms. The number of rotatable bonds is 2. The van der Waals surface area contributed by atoms with Crippen molar-refractivity contribution in [2.75, 3.05) is 31.2 Å². The van der Waals surface area contributed by atoms with Gasteiger partial charge in [-0.3, -0.25) is 0 Å². The lowest BCUT2D eigenvalue weighted by Crippen LogP contribution is -2.36.